The van der Waals surface area contributed by atoms with Gasteiger partial charge in [0.15, 0.2) is 0 Å². The van der Waals surface area contributed by atoms with Crippen molar-refractivity contribution in [1.82, 2.24) is 20.2 Å². The summed E-state index contributed by atoms with van der Waals surface area (Å²) in [5.74, 6) is -0.409. The summed E-state index contributed by atoms with van der Waals surface area (Å²) in [6.45, 7) is 0. The first kappa shape index (κ1) is 13.5. The summed E-state index contributed by atoms with van der Waals surface area (Å²) < 4.78 is 52.5. The topological polar surface area (TPSA) is 69.9 Å². The second-order valence-electron chi connectivity index (χ2n) is 3.37. The van der Waals surface area contributed by atoms with Crippen LogP contribution in [0.1, 0.15) is 0 Å². The Morgan fingerprint density at radius 3 is 2.74 bits per heavy atom. The van der Waals surface area contributed by atoms with Crippen molar-refractivity contribution in [2.45, 2.75) is 11.5 Å². The molecule has 0 saturated heterocycles. The van der Waals surface area contributed by atoms with Crippen LogP contribution in [-0.2, 0) is 10.8 Å². The molecule has 0 amide bonds. The van der Waals surface area contributed by atoms with Gasteiger partial charge in [0.1, 0.15) is 5.75 Å². The highest BCUT2D eigenvalue weighted by Crippen LogP contribution is 2.24. The zero-order valence-corrected chi connectivity index (χ0v) is 10.3. The molecule has 0 radical (unpaired) electrons. The van der Waals surface area contributed by atoms with Gasteiger partial charge in [0, 0.05) is 12.3 Å². The van der Waals surface area contributed by atoms with Crippen molar-refractivity contribution in [1.29, 1.82) is 0 Å². The highest BCUT2D eigenvalue weighted by Gasteiger charge is 2.31. The Labute approximate surface area is 107 Å². The summed E-state index contributed by atoms with van der Waals surface area (Å²) in [5, 5.41) is 10.5. The van der Waals surface area contributed by atoms with E-state index in [0.717, 1.165) is 16.8 Å². The zero-order valence-electron chi connectivity index (χ0n) is 9.46. The second-order valence-corrected chi connectivity index (χ2v) is 4.65. The zero-order chi connectivity index (χ0) is 14.0. The third-order valence-electron chi connectivity index (χ3n) is 1.99. The maximum atomic E-state index is 12.1. The minimum absolute atomic E-state index is 0.0316. The highest BCUT2D eigenvalue weighted by atomic mass is 32.2. The highest BCUT2D eigenvalue weighted by molar-refractivity contribution is 7.84. The molecule has 1 atom stereocenters. The number of nitrogens with zero attached hydrogens (tertiary/aromatic N) is 4. The lowest BCUT2D eigenvalue weighted by molar-refractivity contribution is -0.274. The quantitative estimate of drug-likeness (QED) is 0.852. The van der Waals surface area contributed by atoms with E-state index in [1.807, 2.05) is 0 Å². The molecule has 0 saturated carbocycles. The van der Waals surface area contributed by atoms with E-state index in [4.69, 9.17) is 0 Å². The molecule has 0 fully saturated rings. The average molecular weight is 292 g/mol. The number of ether oxygens (including phenoxy) is 1. The number of hydrogen-bond acceptors (Lipinski definition) is 5. The Morgan fingerprint density at radius 1 is 1.37 bits per heavy atom. The third kappa shape index (κ3) is 3.28. The number of alkyl halides is 3. The Kier molecular flexibility index (Phi) is 3.51. The largest absolute Gasteiger partial charge is 0.573 e. The Hall–Kier alpha value is -1.97. The van der Waals surface area contributed by atoms with Crippen LogP contribution in [0.4, 0.5) is 13.2 Å². The van der Waals surface area contributed by atoms with Crippen molar-refractivity contribution >= 4 is 10.8 Å². The first-order valence-corrected chi connectivity index (χ1v) is 6.40. The number of tetrazole rings is 1. The summed E-state index contributed by atoms with van der Waals surface area (Å²) in [6, 6.07) is 5.06. The molecular weight excluding hydrogens is 285 g/mol. The summed E-state index contributed by atoms with van der Waals surface area (Å²) in [4.78, 5) is 0. The van der Waals surface area contributed by atoms with E-state index in [-0.39, 0.29) is 10.8 Å². The molecule has 0 N–H and O–H groups in total. The normalized spacial score (nSPS) is 13.3. The first-order valence-electron chi connectivity index (χ1n) is 4.85. The fourth-order valence-corrected chi connectivity index (χ4v) is 1.87. The predicted molar refractivity (Wildman–Crippen MR) is 58.2 cm³/mol. The van der Waals surface area contributed by atoms with E-state index >= 15 is 0 Å². The smallest absolute Gasteiger partial charge is 0.406 e. The van der Waals surface area contributed by atoms with Crippen LogP contribution in [0.5, 0.6) is 5.75 Å². The third-order valence-corrected chi connectivity index (χ3v) is 2.76. The molecule has 2 rings (SSSR count). The molecule has 0 aliphatic heterocycles. The van der Waals surface area contributed by atoms with Crippen molar-refractivity contribution in [3.8, 4) is 11.4 Å². The molecule has 1 unspecified atom stereocenters. The second kappa shape index (κ2) is 4.96. The van der Waals surface area contributed by atoms with E-state index in [9.17, 15) is 17.4 Å². The summed E-state index contributed by atoms with van der Waals surface area (Å²) in [5.41, 5.74) is 0.219. The van der Waals surface area contributed by atoms with Crippen LogP contribution in [0.25, 0.3) is 5.69 Å². The van der Waals surface area contributed by atoms with Crippen LogP contribution in [0.2, 0.25) is 0 Å². The van der Waals surface area contributed by atoms with E-state index in [1.165, 1.54) is 18.4 Å². The van der Waals surface area contributed by atoms with Gasteiger partial charge < -0.3 is 4.74 Å². The average Bonchev–Trinajstić information content (AvgIpc) is 2.75. The Balaban J connectivity index is 2.38. The van der Waals surface area contributed by atoms with Crippen LogP contribution in [0, 0.1) is 0 Å². The molecular formula is C9H7F3N4O2S. The number of hydrogen-bond donors (Lipinski definition) is 0. The first-order chi connectivity index (χ1) is 8.87. The number of halogens is 3. The Bertz CT molecular complexity index is 614. The summed E-state index contributed by atoms with van der Waals surface area (Å²) in [7, 11) is -1.47. The van der Waals surface area contributed by atoms with E-state index in [2.05, 4.69) is 20.3 Å². The van der Waals surface area contributed by atoms with Gasteiger partial charge in [0.2, 0.25) is 5.16 Å². The minimum Gasteiger partial charge on any atom is -0.406 e. The van der Waals surface area contributed by atoms with Gasteiger partial charge >= 0.3 is 6.36 Å². The molecule has 0 bridgehead atoms. The van der Waals surface area contributed by atoms with E-state index < -0.39 is 22.9 Å². The number of aromatic nitrogens is 4. The molecule has 0 aliphatic rings. The summed E-state index contributed by atoms with van der Waals surface area (Å²) >= 11 is 0. The van der Waals surface area contributed by atoms with Gasteiger partial charge in [-0.2, -0.15) is 4.68 Å². The van der Waals surface area contributed by atoms with Gasteiger partial charge in [-0.15, -0.1) is 13.2 Å². The van der Waals surface area contributed by atoms with Gasteiger partial charge in [0.05, 0.1) is 16.5 Å². The molecule has 102 valence electrons. The summed E-state index contributed by atoms with van der Waals surface area (Å²) in [6.07, 6.45) is -3.42. The lowest BCUT2D eigenvalue weighted by Gasteiger charge is -2.10. The van der Waals surface area contributed by atoms with E-state index in [0.29, 0.717) is 0 Å². The van der Waals surface area contributed by atoms with Gasteiger partial charge in [0.25, 0.3) is 0 Å². The van der Waals surface area contributed by atoms with Crippen LogP contribution in [0.3, 0.4) is 0 Å². The molecule has 1 heterocycles. The van der Waals surface area contributed by atoms with E-state index in [1.54, 1.807) is 0 Å². The molecule has 6 nitrogen and oxygen atoms in total. The monoisotopic (exact) mass is 292 g/mol. The fraction of sp³-hybridized carbons (Fsp3) is 0.222. The van der Waals surface area contributed by atoms with Crippen molar-refractivity contribution in [3.63, 3.8) is 0 Å². The maximum absolute atomic E-state index is 12.1. The van der Waals surface area contributed by atoms with Crippen molar-refractivity contribution in [2.75, 3.05) is 6.26 Å². The van der Waals surface area contributed by atoms with Crippen LogP contribution >= 0.6 is 0 Å². The predicted octanol–water partition coefficient (Wildman–Crippen LogP) is 1.30. The maximum Gasteiger partial charge on any atom is 0.573 e. The molecule has 10 heteroatoms. The van der Waals surface area contributed by atoms with Gasteiger partial charge in [-0.25, -0.2) is 0 Å². The molecule has 0 spiro atoms. The number of benzene rings is 1. The van der Waals surface area contributed by atoms with Crippen molar-refractivity contribution < 1.29 is 22.1 Å². The van der Waals surface area contributed by atoms with Gasteiger partial charge in [-0.05, 0) is 22.6 Å². The molecule has 2 aromatic rings. The lowest BCUT2D eigenvalue weighted by atomic mass is 10.3. The molecule has 0 aliphatic carbocycles. The number of rotatable bonds is 3. The fourth-order valence-electron chi connectivity index (χ4n) is 1.33. The molecule has 19 heavy (non-hydrogen) atoms. The standard InChI is InChI=1S/C9H7F3N4O2S/c1-19(17)8-13-14-15-16(8)6-3-2-4-7(5-6)18-9(10,11)12/h2-5H,1H3. The minimum atomic E-state index is -4.78. The SMILES string of the molecule is CS(=O)c1nnnn1-c1cccc(OC(F)(F)F)c1. The van der Waals surface area contributed by atoms with Gasteiger partial charge in [-0.3, -0.25) is 4.21 Å². The van der Waals surface area contributed by atoms with Crippen molar-refractivity contribution in [2.24, 2.45) is 0 Å². The van der Waals surface area contributed by atoms with Crippen LogP contribution in [0.15, 0.2) is 29.4 Å². The van der Waals surface area contributed by atoms with Crippen LogP contribution < -0.4 is 4.74 Å². The van der Waals surface area contributed by atoms with Crippen LogP contribution in [-0.4, -0.2) is 37.0 Å². The Morgan fingerprint density at radius 2 is 2.11 bits per heavy atom. The molecule has 1 aromatic carbocycles. The molecule has 1 aromatic heterocycles. The lowest BCUT2D eigenvalue weighted by Crippen LogP contribution is -2.17. The van der Waals surface area contributed by atoms with Crippen molar-refractivity contribution in [3.05, 3.63) is 24.3 Å². The van der Waals surface area contributed by atoms with Gasteiger partial charge in [-0.1, -0.05) is 11.2 Å².